The minimum absolute atomic E-state index is 0.137. The van der Waals surface area contributed by atoms with Crippen molar-refractivity contribution >= 4 is 29.5 Å². The average molecular weight is 283 g/mol. The molecule has 0 aliphatic rings. The van der Waals surface area contributed by atoms with E-state index in [1.54, 1.807) is 24.3 Å². The molecule has 0 heterocycles. The van der Waals surface area contributed by atoms with Crippen LogP contribution in [0.2, 0.25) is 10.0 Å². The maximum atomic E-state index is 10.5. The van der Waals surface area contributed by atoms with E-state index < -0.39 is 0 Å². The highest BCUT2D eigenvalue weighted by molar-refractivity contribution is 6.42. The van der Waals surface area contributed by atoms with Gasteiger partial charge in [0, 0.05) is 12.1 Å². The standard InChI is InChI=1S/C13H8Cl2O3/c14-11-4-3-9(5-12(11)15)18-10-2-1-8(7-16)13(17)6-10/h1-7,17H. The molecule has 0 atom stereocenters. The van der Waals surface area contributed by atoms with E-state index in [2.05, 4.69) is 0 Å². The number of phenols is 1. The van der Waals surface area contributed by atoms with Crippen LogP contribution in [0.3, 0.4) is 0 Å². The molecule has 92 valence electrons. The Morgan fingerprint density at radius 1 is 1.00 bits per heavy atom. The van der Waals surface area contributed by atoms with Crippen molar-refractivity contribution in [2.75, 3.05) is 0 Å². The molecule has 0 unspecified atom stereocenters. The summed E-state index contributed by atoms with van der Waals surface area (Å²) >= 11 is 11.6. The number of hydrogen-bond donors (Lipinski definition) is 1. The number of aromatic hydroxyl groups is 1. The van der Waals surface area contributed by atoms with E-state index in [0.29, 0.717) is 27.8 Å². The van der Waals surface area contributed by atoms with Crippen LogP contribution in [0.4, 0.5) is 0 Å². The molecule has 0 fully saturated rings. The van der Waals surface area contributed by atoms with Gasteiger partial charge < -0.3 is 9.84 Å². The predicted octanol–water partition coefficient (Wildman–Crippen LogP) is 4.30. The number of halogens is 2. The minimum Gasteiger partial charge on any atom is -0.507 e. The lowest BCUT2D eigenvalue weighted by atomic mass is 10.2. The summed E-state index contributed by atoms with van der Waals surface area (Å²) in [6.07, 6.45) is 0.568. The molecule has 2 aromatic carbocycles. The van der Waals surface area contributed by atoms with Crippen LogP contribution in [0, 0.1) is 0 Å². The van der Waals surface area contributed by atoms with Crippen molar-refractivity contribution in [3.63, 3.8) is 0 Å². The van der Waals surface area contributed by atoms with E-state index in [0.717, 1.165) is 0 Å². The van der Waals surface area contributed by atoms with Crippen molar-refractivity contribution in [1.82, 2.24) is 0 Å². The van der Waals surface area contributed by atoms with E-state index >= 15 is 0 Å². The summed E-state index contributed by atoms with van der Waals surface area (Å²) in [6, 6.07) is 9.22. The summed E-state index contributed by atoms with van der Waals surface area (Å²) in [6.45, 7) is 0. The van der Waals surface area contributed by atoms with Gasteiger partial charge in [-0.05, 0) is 24.3 Å². The Kier molecular flexibility index (Phi) is 3.75. The Balaban J connectivity index is 2.25. The molecule has 3 nitrogen and oxygen atoms in total. The van der Waals surface area contributed by atoms with E-state index in [1.165, 1.54) is 12.1 Å². The maximum Gasteiger partial charge on any atom is 0.153 e. The number of aldehydes is 1. The Labute approximate surface area is 114 Å². The summed E-state index contributed by atoms with van der Waals surface area (Å²) in [4.78, 5) is 10.5. The number of hydrogen-bond acceptors (Lipinski definition) is 3. The van der Waals surface area contributed by atoms with Crippen LogP contribution in [-0.2, 0) is 0 Å². The van der Waals surface area contributed by atoms with Crippen molar-refractivity contribution < 1.29 is 14.6 Å². The minimum atomic E-state index is -0.137. The number of carbonyl (C=O) groups excluding carboxylic acids is 1. The van der Waals surface area contributed by atoms with Crippen LogP contribution in [0.15, 0.2) is 36.4 Å². The third-order valence-electron chi connectivity index (χ3n) is 2.26. The zero-order valence-electron chi connectivity index (χ0n) is 9.06. The van der Waals surface area contributed by atoms with Gasteiger partial charge in [0.2, 0.25) is 0 Å². The lowest BCUT2D eigenvalue weighted by molar-refractivity contribution is 0.112. The number of carbonyl (C=O) groups is 1. The average Bonchev–Trinajstić information content (AvgIpc) is 2.34. The second kappa shape index (κ2) is 5.29. The van der Waals surface area contributed by atoms with Gasteiger partial charge in [0.1, 0.15) is 17.2 Å². The first kappa shape index (κ1) is 12.7. The third kappa shape index (κ3) is 2.75. The van der Waals surface area contributed by atoms with Crippen molar-refractivity contribution in [3.8, 4) is 17.2 Å². The number of phenolic OH excluding ortho intramolecular Hbond substituents is 1. The highest BCUT2D eigenvalue weighted by atomic mass is 35.5. The molecular weight excluding hydrogens is 275 g/mol. The summed E-state index contributed by atoms with van der Waals surface area (Å²) < 4.78 is 5.48. The normalized spacial score (nSPS) is 10.1. The smallest absolute Gasteiger partial charge is 0.153 e. The first-order valence-electron chi connectivity index (χ1n) is 5.01. The zero-order chi connectivity index (χ0) is 13.1. The van der Waals surface area contributed by atoms with Gasteiger partial charge >= 0.3 is 0 Å². The molecule has 2 rings (SSSR count). The van der Waals surface area contributed by atoms with Crippen molar-refractivity contribution in [2.45, 2.75) is 0 Å². The van der Waals surface area contributed by atoms with Gasteiger partial charge in [0.25, 0.3) is 0 Å². The molecule has 5 heteroatoms. The van der Waals surface area contributed by atoms with Gasteiger partial charge in [-0.2, -0.15) is 0 Å². The molecule has 0 aliphatic carbocycles. The predicted molar refractivity (Wildman–Crippen MR) is 70.0 cm³/mol. The van der Waals surface area contributed by atoms with Gasteiger partial charge in [-0.15, -0.1) is 0 Å². The topological polar surface area (TPSA) is 46.5 Å². The Hall–Kier alpha value is -1.71. The van der Waals surface area contributed by atoms with Gasteiger partial charge in [0.05, 0.1) is 15.6 Å². The quantitative estimate of drug-likeness (QED) is 0.854. The monoisotopic (exact) mass is 282 g/mol. The summed E-state index contributed by atoms with van der Waals surface area (Å²) in [5, 5.41) is 10.3. The van der Waals surface area contributed by atoms with Gasteiger partial charge in [0.15, 0.2) is 6.29 Å². The molecule has 0 aliphatic heterocycles. The number of ether oxygens (including phenoxy) is 1. The number of rotatable bonds is 3. The Morgan fingerprint density at radius 2 is 1.67 bits per heavy atom. The van der Waals surface area contributed by atoms with Crippen LogP contribution in [-0.4, -0.2) is 11.4 Å². The maximum absolute atomic E-state index is 10.5. The highest BCUT2D eigenvalue weighted by Crippen LogP contribution is 2.31. The van der Waals surface area contributed by atoms with Crippen molar-refractivity contribution in [1.29, 1.82) is 0 Å². The fourth-order valence-corrected chi connectivity index (χ4v) is 1.65. The van der Waals surface area contributed by atoms with Crippen molar-refractivity contribution in [2.24, 2.45) is 0 Å². The molecule has 0 bridgehead atoms. The SMILES string of the molecule is O=Cc1ccc(Oc2ccc(Cl)c(Cl)c2)cc1O. The molecule has 18 heavy (non-hydrogen) atoms. The lowest BCUT2D eigenvalue weighted by Gasteiger charge is -2.07. The number of benzene rings is 2. The van der Waals surface area contributed by atoms with E-state index in [-0.39, 0.29) is 11.3 Å². The second-order valence-electron chi connectivity index (χ2n) is 3.52. The van der Waals surface area contributed by atoms with Gasteiger partial charge in [-0.1, -0.05) is 23.2 Å². The first-order valence-corrected chi connectivity index (χ1v) is 5.77. The van der Waals surface area contributed by atoms with E-state index in [4.69, 9.17) is 27.9 Å². The summed E-state index contributed by atoms with van der Waals surface area (Å²) in [5.74, 6) is 0.752. The van der Waals surface area contributed by atoms with Crippen LogP contribution >= 0.6 is 23.2 Å². The molecule has 1 N–H and O–H groups in total. The largest absolute Gasteiger partial charge is 0.507 e. The van der Waals surface area contributed by atoms with Gasteiger partial charge in [-0.25, -0.2) is 0 Å². The van der Waals surface area contributed by atoms with Crippen LogP contribution in [0.25, 0.3) is 0 Å². The molecule has 0 saturated heterocycles. The summed E-state index contributed by atoms with van der Waals surface area (Å²) in [7, 11) is 0. The van der Waals surface area contributed by atoms with E-state index in [1.807, 2.05) is 0 Å². The lowest BCUT2D eigenvalue weighted by Crippen LogP contribution is -1.86. The zero-order valence-corrected chi connectivity index (χ0v) is 10.6. The third-order valence-corrected chi connectivity index (χ3v) is 2.99. The molecule has 0 amide bonds. The molecule has 0 radical (unpaired) electrons. The molecule has 0 saturated carbocycles. The van der Waals surface area contributed by atoms with Crippen LogP contribution < -0.4 is 4.74 Å². The Morgan fingerprint density at radius 3 is 2.28 bits per heavy atom. The fourth-order valence-electron chi connectivity index (χ4n) is 1.36. The molecule has 2 aromatic rings. The van der Waals surface area contributed by atoms with Crippen LogP contribution in [0.1, 0.15) is 10.4 Å². The first-order chi connectivity index (χ1) is 8.60. The van der Waals surface area contributed by atoms with E-state index in [9.17, 15) is 9.90 Å². The highest BCUT2D eigenvalue weighted by Gasteiger charge is 2.05. The van der Waals surface area contributed by atoms with Crippen LogP contribution in [0.5, 0.6) is 17.2 Å². The molecule has 0 aromatic heterocycles. The molecule has 0 spiro atoms. The van der Waals surface area contributed by atoms with Gasteiger partial charge in [-0.3, -0.25) is 4.79 Å². The second-order valence-corrected chi connectivity index (χ2v) is 4.33. The van der Waals surface area contributed by atoms with Crippen molar-refractivity contribution in [3.05, 3.63) is 52.0 Å². The molecular formula is C13H8Cl2O3. The Bertz CT molecular complexity index is 597. The fraction of sp³-hybridized carbons (Fsp3) is 0. The summed E-state index contributed by atoms with van der Waals surface area (Å²) in [5.41, 5.74) is 0.205.